The van der Waals surface area contributed by atoms with Gasteiger partial charge in [0.05, 0.1) is 12.0 Å². The number of cyclic esters (lactones) is 1. The van der Waals surface area contributed by atoms with Crippen LogP contribution in [0, 0.1) is 0 Å². The number of hydrogen-bond acceptors (Lipinski definition) is 2. The average molecular weight is 183 g/mol. The van der Waals surface area contributed by atoms with Crippen molar-refractivity contribution >= 4 is 6.09 Å². The van der Waals surface area contributed by atoms with Crippen molar-refractivity contribution in [3.05, 3.63) is 0 Å². The number of alkyl halides is 3. The van der Waals surface area contributed by atoms with E-state index in [1.165, 1.54) is 6.92 Å². The molecule has 1 heterocycles. The number of amides is 1. The molecule has 0 bridgehead atoms. The van der Waals surface area contributed by atoms with Crippen LogP contribution in [0.4, 0.5) is 18.0 Å². The van der Waals surface area contributed by atoms with Crippen molar-refractivity contribution in [2.75, 3.05) is 6.61 Å². The van der Waals surface area contributed by atoms with Crippen molar-refractivity contribution in [3.63, 3.8) is 0 Å². The summed E-state index contributed by atoms with van der Waals surface area (Å²) in [4.78, 5) is 10.4. The van der Waals surface area contributed by atoms with Gasteiger partial charge in [0.25, 0.3) is 0 Å². The van der Waals surface area contributed by atoms with Gasteiger partial charge in [-0.3, -0.25) is 0 Å². The Bertz CT molecular complexity index is 203. The molecule has 1 rings (SSSR count). The van der Waals surface area contributed by atoms with Crippen LogP contribution in [-0.4, -0.2) is 24.4 Å². The maximum atomic E-state index is 11.9. The summed E-state index contributed by atoms with van der Waals surface area (Å²) in [6.45, 7) is 1.07. The van der Waals surface area contributed by atoms with Crippen LogP contribution in [0.25, 0.3) is 0 Å². The minimum atomic E-state index is -4.28. The summed E-state index contributed by atoms with van der Waals surface area (Å²) in [5.41, 5.74) is -1.30. The van der Waals surface area contributed by atoms with E-state index in [1.807, 2.05) is 0 Å². The van der Waals surface area contributed by atoms with E-state index in [9.17, 15) is 18.0 Å². The zero-order valence-electron chi connectivity index (χ0n) is 6.36. The van der Waals surface area contributed by atoms with E-state index in [1.54, 1.807) is 0 Å². The van der Waals surface area contributed by atoms with Crippen LogP contribution in [-0.2, 0) is 4.74 Å². The van der Waals surface area contributed by atoms with Crippen LogP contribution in [0.15, 0.2) is 0 Å². The third-order valence-electron chi connectivity index (χ3n) is 1.52. The minimum Gasteiger partial charge on any atom is -0.447 e. The lowest BCUT2D eigenvalue weighted by Gasteiger charge is -2.21. The molecule has 6 heteroatoms. The molecule has 1 atom stereocenters. The van der Waals surface area contributed by atoms with Crippen molar-refractivity contribution in [2.24, 2.45) is 0 Å². The topological polar surface area (TPSA) is 38.3 Å². The van der Waals surface area contributed by atoms with E-state index in [2.05, 4.69) is 10.1 Å². The molecule has 1 fully saturated rings. The van der Waals surface area contributed by atoms with Crippen molar-refractivity contribution < 1.29 is 22.7 Å². The van der Waals surface area contributed by atoms with Gasteiger partial charge in [-0.2, -0.15) is 13.2 Å². The summed E-state index contributed by atoms with van der Waals surface area (Å²) >= 11 is 0. The van der Waals surface area contributed by atoms with E-state index in [-0.39, 0.29) is 6.61 Å². The molecule has 12 heavy (non-hydrogen) atoms. The number of rotatable bonds is 1. The summed E-state index contributed by atoms with van der Waals surface area (Å²) in [7, 11) is 0. The van der Waals surface area contributed by atoms with E-state index >= 15 is 0 Å². The molecule has 1 saturated heterocycles. The number of hydrogen-bond donors (Lipinski definition) is 1. The third-order valence-corrected chi connectivity index (χ3v) is 1.52. The van der Waals surface area contributed by atoms with Crippen molar-refractivity contribution in [3.8, 4) is 0 Å². The summed E-state index contributed by atoms with van der Waals surface area (Å²) in [5.74, 6) is 0. The first-order chi connectivity index (χ1) is 5.31. The molecule has 0 aromatic heterocycles. The molecule has 1 aliphatic heterocycles. The Morgan fingerprint density at radius 3 is 2.58 bits per heavy atom. The molecule has 0 radical (unpaired) electrons. The molecule has 1 N–H and O–H groups in total. The fourth-order valence-electron chi connectivity index (χ4n) is 1.08. The highest BCUT2D eigenvalue weighted by Crippen LogP contribution is 2.29. The molecular weight excluding hydrogens is 175 g/mol. The SMILES string of the molecule is C[C@@]1(CC(F)(F)F)COC(=O)N1. The predicted molar refractivity (Wildman–Crippen MR) is 33.6 cm³/mol. The van der Waals surface area contributed by atoms with E-state index in [0.29, 0.717) is 0 Å². The van der Waals surface area contributed by atoms with Crippen LogP contribution in [0.1, 0.15) is 13.3 Å². The number of carbonyl (C=O) groups is 1. The first-order valence-electron chi connectivity index (χ1n) is 3.32. The third kappa shape index (κ3) is 2.28. The standard InChI is InChI=1S/C6H8F3NO2/c1-5(2-6(7,8)9)3-12-4(11)10-5/h2-3H2,1H3,(H,10,11)/t5-/m1/s1. The molecular formula is C6H8F3NO2. The Morgan fingerprint density at radius 1 is 1.67 bits per heavy atom. The summed E-state index contributed by atoms with van der Waals surface area (Å²) in [6.07, 6.45) is -6.14. The Hall–Kier alpha value is -0.940. The molecule has 1 amide bonds. The molecule has 0 aromatic rings. The van der Waals surface area contributed by atoms with E-state index in [4.69, 9.17) is 0 Å². The quantitative estimate of drug-likeness (QED) is 0.667. The van der Waals surface area contributed by atoms with Gasteiger partial charge >= 0.3 is 12.3 Å². The van der Waals surface area contributed by atoms with Gasteiger partial charge in [-0.1, -0.05) is 0 Å². The second-order valence-corrected chi connectivity index (χ2v) is 3.05. The normalized spacial score (nSPS) is 29.8. The van der Waals surface area contributed by atoms with Gasteiger partial charge in [0.15, 0.2) is 0 Å². The van der Waals surface area contributed by atoms with Crippen LogP contribution in [0.3, 0.4) is 0 Å². The lowest BCUT2D eigenvalue weighted by molar-refractivity contribution is -0.147. The van der Waals surface area contributed by atoms with Gasteiger partial charge in [0.1, 0.15) is 6.61 Å². The Kier molecular flexibility index (Phi) is 1.93. The van der Waals surface area contributed by atoms with E-state index in [0.717, 1.165) is 0 Å². The first-order valence-corrected chi connectivity index (χ1v) is 3.32. The number of ether oxygens (including phenoxy) is 1. The average Bonchev–Trinajstić information content (AvgIpc) is 2.05. The highest BCUT2D eigenvalue weighted by Gasteiger charge is 2.44. The number of carbonyl (C=O) groups excluding carboxylic acids is 1. The number of alkyl carbamates (subject to hydrolysis) is 1. The van der Waals surface area contributed by atoms with Gasteiger partial charge in [-0.05, 0) is 6.92 Å². The maximum Gasteiger partial charge on any atom is 0.407 e. The molecule has 3 nitrogen and oxygen atoms in total. The predicted octanol–water partition coefficient (Wildman–Crippen LogP) is 1.44. The summed E-state index contributed by atoms with van der Waals surface area (Å²) in [6, 6.07) is 0. The minimum absolute atomic E-state index is 0.231. The van der Waals surface area contributed by atoms with Gasteiger partial charge in [0, 0.05) is 0 Å². The maximum absolute atomic E-state index is 11.9. The second kappa shape index (κ2) is 2.53. The zero-order chi connectivity index (χ0) is 9.41. The monoisotopic (exact) mass is 183 g/mol. The molecule has 0 spiro atoms. The summed E-state index contributed by atoms with van der Waals surface area (Å²) < 4.78 is 40.0. The Morgan fingerprint density at radius 2 is 2.25 bits per heavy atom. The lowest BCUT2D eigenvalue weighted by Crippen LogP contribution is -2.43. The zero-order valence-corrected chi connectivity index (χ0v) is 6.36. The van der Waals surface area contributed by atoms with Crippen molar-refractivity contribution in [2.45, 2.75) is 25.1 Å². The number of nitrogens with one attached hydrogen (secondary N) is 1. The van der Waals surface area contributed by atoms with Gasteiger partial charge in [-0.25, -0.2) is 4.79 Å². The van der Waals surface area contributed by atoms with E-state index < -0.39 is 24.2 Å². The highest BCUT2D eigenvalue weighted by atomic mass is 19.4. The van der Waals surface area contributed by atoms with Crippen LogP contribution in [0.5, 0.6) is 0 Å². The van der Waals surface area contributed by atoms with Crippen LogP contribution < -0.4 is 5.32 Å². The van der Waals surface area contributed by atoms with Crippen LogP contribution >= 0.6 is 0 Å². The van der Waals surface area contributed by atoms with Crippen molar-refractivity contribution in [1.29, 1.82) is 0 Å². The molecule has 0 saturated carbocycles. The fourth-order valence-corrected chi connectivity index (χ4v) is 1.08. The molecule has 0 aromatic carbocycles. The lowest BCUT2D eigenvalue weighted by atomic mass is 10.0. The second-order valence-electron chi connectivity index (χ2n) is 3.05. The first kappa shape index (κ1) is 9.15. The fraction of sp³-hybridized carbons (Fsp3) is 0.833. The Labute approximate surface area is 66.9 Å². The van der Waals surface area contributed by atoms with Gasteiger partial charge < -0.3 is 10.1 Å². The van der Waals surface area contributed by atoms with Gasteiger partial charge in [-0.15, -0.1) is 0 Å². The highest BCUT2D eigenvalue weighted by molar-refractivity contribution is 5.70. The summed E-state index contributed by atoms with van der Waals surface area (Å²) in [5, 5.41) is 2.11. The van der Waals surface area contributed by atoms with Crippen LogP contribution in [0.2, 0.25) is 0 Å². The smallest absolute Gasteiger partial charge is 0.407 e. The molecule has 70 valence electrons. The van der Waals surface area contributed by atoms with Crippen molar-refractivity contribution in [1.82, 2.24) is 5.32 Å². The molecule has 0 aliphatic carbocycles. The number of halogens is 3. The largest absolute Gasteiger partial charge is 0.447 e. The van der Waals surface area contributed by atoms with Gasteiger partial charge in [0.2, 0.25) is 0 Å². The Balaban J connectivity index is 2.56. The molecule has 1 aliphatic rings. The molecule has 0 unspecified atom stereocenters.